The molecule has 0 heterocycles. The van der Waals surface area contributed by atoms with Crippen molar-refractivity contribution in [2.45, 2.75) is 26.3 Å². The van der Waals surface area contributed by atoms with Crippen LogP contribution < -0.4 is 14.8 Å². The molecule has 0 bridgehead atoms. The van der Waals surface area contributed by atoms with Crippen molar-refractivity contribution in [2.24, 2.45) is 11.8 Å². The molecule has 1 aliphatic carbocycles. The normalized spacial score (nSPS) is 26.6. The minimum Gasteiger partial charge on any atom is -0.493 e. The minimum atomic E-state index is 0.392. The van der Waals surface area contributed by atoms with Crippen molar-refractivity contribution < 1.29 is 9.47 Å². The second kappa shape index (κ2) is 5.19. The molecule has 0 fully saturated rings. The van der Waals surface area contributed by atoms with Gasteiger partial charge >= 0.3 is 0 Å². The molecule has 0 amide bonds. The summed E-state index contributed by atoms with van der Waals surface area (Å²) in [7, 11) is 5.40. The van der Waals surface area contributed by atoms with Gasteiger partial charge in [0.25, 0.3) is 0 Å². The van der Waals surface area contributed by atoms with Gasteiger partial charge in [0.05, 0.1) is 14.2 Å². The zero-order valence-electron chi connectivity index (χ0n) is 11.9. The van der Waals surface area contributed by atoms with Crippen molar-refractivity contribution in [1.82, 2.24) is 5.32 Å². The Labute approximate surface area is 109 Å². The molecule has 3 unspecified atom stereocenters. The van der Waals surface area contributed by atoms with Gasteiger partial charge in [-0.15, -0.1) is 0 Å². The Morgan fingerprint density at radius 3 is 2.28 bits per heavy atom. The first-order chi connectivity index (χ1) is 8.62. The van der Waals surface area contributed by atoms with Crippen LogP contribution in [0.5, 0.6) is 11.5 Å². The van der Waals surface area contributed by atoms with Gasteiger partial charge in [0.15, 0.2) is 11.5 Å². The molecule has 18 heavy (non-hydrogen) atoms. The van der Waals surface area contributed by atoms with E-state index in [4.69, 9.17) is 9.47 Å². The number of benzene rings is 1. The molecule has 3 heteroatoms. The van der Waals surface area contributed by atoms with Crippen molar-refractivity contribution >= 4 is 0 Å². The highest BCUT2D eigenvalue weighted by Crippen LogP contribution is 2.42. The van der Waals surface area contributed by atoms with Crippen LogP contribution in [-0.4, -0.2) is 21.3 Å². The average molecular weight is 249 g/mol. The maximum Gasteiger partial charge on any atom is 0.161 e. The second-order valence-electron chi connectivity index (χ2n) is 5.21. The van der Waals surface area contributed by atoms with Crippen LogP contribution in [0.4, 0.5) is 0 Å². The topological polar surface area (TPSA) is 30.5 Å². The third-order valence-electron chi connectivity index (χ3n) is 4.26. The van der Waals surface area contributed by atoms with Crippen LogP contribution in [0.15, 0.2) is 12.1 Å². The molecule has 0 radical (unpaired) electrons. The van der Waals surface area contributed by atoms with Crippen molar-refractivity contribution in [3.8, 4) is 11.5 Å². The Morgan fingerprint density at radius 1 is 1.11 bits per heavy atom. The lowest BCUT2D eigenvalue weighted by atomic mass is 9.74. The van der Waals surface area contributed by atoms with Gasteiger partial charge in [-0.05, 0) is 48.6 Å². The molecular weight excluding hydrogens is 226 g/mol. The zero-order valence-corrected chi connectivity index (χ0v) is 11.9. The molecule has 1 N–H and O–H groups in total. The van der Waals surface area contributed by atoms with E-state index in [0.29, 0.717) is 17.9 Å². The molecule has 0 saturated carbocycles. The number of fused-ring (bicyclic) bond motifs is 1. The standard InChI is InChI=1S/C15H23NO2/c1-9-6-11-7-13(17-4)14(18-5)8-12(11)15(16-3)10(9)2/h7-10,15-16H,6H2,1-5H3. The molecule has 0 aliphatic heterocycles. The SMILES string of the molecule is CNC1c2cc(OC)c(OC)cc2CC(C)C1C. The van der Waals surface area contributed by atoms with E-state index >= 15 is 0 Å². The first-order valence-electron chi connectivity index (χ1n) is 6.54. The lowest BCUT2D eigenvalue weighted by Crippen LogP contribution is -2.33. The number of hydrogen-bond acceptors (Lipinski definition) is 3. The van der Waals surface area contributed by atoms with Crippen LogP contribution in [-0.2, 0) is 6.42 Å². The number of methoxy groups -OCH3 is 2. The van der Waals surface area contributed by atoms with Crippen molar-refractivity contribution in [3.63, 3.8) is 0 Å². The third-order valence-corrected chi connectivity index (χ3v) is 4.26. The lowest BCUT2D eigenvalue weighted by Gasteiger charge is -2.36. The average Bonchev–Trinajstić information content (AvgIpc) is 2.39. The van der Waals surface area contributed by atoms with Gasteiger partial charge in [0, 0.05) is 6.04 Å². The van der Waals surface area contributed by atoms with Crippen LogP contribution >= 0.6 is 0 Å². The molecule has 0 aromatic heterocycles. The quantitative estimate of drug-likeness (QED) is 0.893. The van der Waals surface area contributed by atoms with E-state index in [0.717, 1.165) is 17.9 Å². The van der Waals surface area contributed by atoms with Gasteiger partial charge in [-0.3, -0.25) is 0 Å². The molecule has 1 aromatic carbocycles. The number of rotatable bonds is 3. The van der Waals surface area contributed by atoms with Gasteiger partial charge in [-0.2, -0.15) is 0 Å². The summed E-state index contributed by atoms with van der Waals surface area (Å²) < 4.78 is 10.8. The van der Waals surface area contributed by atoms with Gasteiger partial charge in [0.1, 0.15) is 0 Å². The van der Waals surface area contributed by atoms with Gasteiger partial charge in [0.2, 0.25) is 0 Å². The Bertz CT molecular complexity index is 431. The van der Waals surface area contributed by atoms with Crippen LogP contribution in [0.3, 0.4) is 0 Å². The highest BCUT2D eigenvalue weighted by Gasteiger charge is 2.31. The number of ether oxygens (including phenoxy) is 2. The molecular formula is C15H23NO2. The minimum absolute atomic E-state index is 0.392. The summed E-state index contributed by atoms with van der Waals surface area (Å²) in [5, 5.41) is 3.43. The molecule has 100 valence electrons. The van der Waals surface area contributed by atoms with Crippen molar-refractivity contribution in [3.05, 3.63) is 23.3 Å². The summed E-state index contributed by atoms with van der Waals surface area (Å²) >= 11 is 0. The van der Waals surface area contributed by atoms with Crippen LogP contribution in [0.1, 0.15) is 31.0 Å². The summed E-state index contributed by atoms with van der Waals surface area (Å²) in [6.45, 7) is 4.63. The fraction of sp³-hybridized carbons (Fsp3) is 0.600. The molecule has 2 rings (SSSR count). The lowest BCUT2D eigenvalue weighted by molar-refractivity contribution is 0.271. The Morgan fingerprint density at radius 2 is 1.72 bits per heavy atom. The summed E-state index contributed by atoms with van der Waals surface area (Å²) in [5.74, 6) is 2.94. The maximum atomic E-state index is 5.40. The zero-order chi connectivity index (χ0) is 13.3. The van der Waals surface area contributed by atoms with Gasteiger partial charge in [-0.25, -0.2) is 0 Å². The first-order valence-corrected chi connectivity index (χ1v) is 6.54. The Balaban J connectivity index is 2.51. The van der Waals surface area contributed by atoms with Crippen molar-refractivity contribution in [1.29, 1.82) is 0 Å². The summed E-state index contributed by atoms with van der Waals surface area (Å²) in [4.78, 5) is 0. The van der Waals surface area contributed by atoms with E-state index < -0.39 is 0 Å². The molecule has 0 spiro atoms. The van der Waals surface area contributed by atoms with Crippen LogP contribution in [0, 0.1) is 11.8 Å². The highest BCUT2D eigenvalue weighted by atomic mass is 16.5. The monoisotopic (exact) mass is 249 g/mol. The van der Waals surface area contributed by atoms with E-state index in [2.05, 4.69) is 31.3 Å². The molecule has 1 aromatic rings. The fourth-order valence-corrected chi connectivity index (χ4v) is 2.97. The van der Waals surface area contributed by atoms with E-state index in [1.54, 1.807) is 14.2 Å². The number of hydrogen-bond donors (Lipinski definition) is 1. The van der Waals surface area contributed by atoms with Crippen molar-refractivity contribution in [2.75, 3.05) is 21.3 Å². The molecule has 3 nitrogen and oxygen atoms in total. The summed E-state index contributed by atoms with van der Waals surface area (Å²) in [6, 6.07) is 4.64. The predicted octanol–water partition coefficient (Wildman–Crippen LogP) is 2.79. The van der Waals surface area contributed by atoms with E-state index in [-0.39, 0.29) is 0 Å². The highest BCUT2D eigenvalue weighted by molar-refractivity contribution is 5.49. The molecule has 3 atom stereocenters. The Kier molecular flexibility index (Phi) is 3.81. The van der Waals surface area contributed by atoms with Crippen LogP contribution in [0.25, 0.3) is 0 Å². The third kappa shape index (κ3) is 2.07. The summed E-state index contributed by atoms with van der Waals surface area (Å²) in [5.41, 5.74) is 2.72. The predicted molar refractivity (Wildman–Crippen MR) is 73.4 cm³/mol. The molecule has 1 aliphatic rings. The Hall–Kier alpha value is -1.22. The second-order valence-corrected chi connectivity index (χ2v) is 5.21. The first kappa shape index (κ1) is 13.2. The van der Waals surface area contributed by atoms with Gasteiger partial charge < -0.3 is 14.8 Å². The number of nitrogens with one attached hydrogen (secondary N) is 1. The summed E-state index contributed by atoms with van der Waals surface area (Å²) in [6.07, 6.45) is 1.11. The van der Waals surface area contributed by atoms with E-state index in [1.165, 1.54) is 11.1 Å². The maximum absolute atomic E-state index is 5.40. The fourth-order valence-electron chi connectivity index (χ4n) is 2.97. The molecule has 0 saturated heterocycles. The van der Waals surface area contributed by atoms with Crippen LogP contribution in [0.2, 0.25) is 0 Å². The van der Waals surface area contributed by atoms with E-state index in [9.17, 15) is 0 Å². The smallest absolute Gasteiger partial charge is 0.161 e. The largest absolute Gasteiger partial charge is 0.493 e. The van der Waals surface area contributed by atoms with E-state index in [1.807, 2.05) is 7.05 Å². The van der Waals surface area contributed by atoms with Gasteiger partial charge in [-0.1, -0.05) is 13.8 Å².